The number of rotatable bonds is 5. The Kier molecular flexibility index (Phi) is 4.22. The second kappa shape index (κ2) is 6.32. The number of sulfonamides is 1. The Morgan fingerprint density at radius 2 is 1.96 bits per heavy atom. The number of para-hydroxylation sites is 1. The zero-order valence-corrected chi connectivity index (χ0v) is 13.7. The van der Waals surface area contributed by atoms with Crippen LogP contribution >= 0.6 is 0 Å². The molecule has 0 aliphatic carbocycles. The third-order valence-corrected chi connectivity index (χ3v) is 3.76. The van der Waals surface area contributed by atoms with Crippen LogP contribution in [0.3, 0.4) is 0 Å². The predicted octanol–water partition coefficient (Wildman–Crippen LogP) is 1.60. The van der Waals surface area contributed by atoms with E-state index in [2.05, 4.69) is 4.98 Å². The number of carbonyl (C=O) groups excluding carboxylic acids is 1. The minimum atomic E-state index is -3.64. The van der Waals surface area contributed by atoms with E-state index in [1.165, 1.54) is 6.07 Å². The molecule has 2 aromatic heterocycles. The van der Waals surface area contributed by atoms with E-state index in [0.29, 0.717) is 5.69 Å². The quantitative estimate of drug-likeness (QED) is 0.759. The first kappa shape index (κ1) is 16.0. The molecule has 124 valence electrons. The van der Waals surface area contributed by atoms with Gasteiger partial charge in [-0.15, -0.1) is 0 Å². The molecule has 3 rings (SSSR count). The Bertz CT molecular complexity index is 962. The lowest BCUT2D eigenvalue weighted by Crippen LogP contribution is -2.29. The minimum Gasteiger partial charge on any atom is -0.486 e. The zero-order chi connectivity index (χ0) is 17.2. The summed E-state index contributed by atoms with van der Waals surface area (Å²) < 4.78 is 31.9. The number of ether oxygens (including phenoxy) is 1. The van der Waals surface area contributed by atoms with Crippen LogP contribution in [0.2, 0.25) is 0 Å². The highest BCUT2D eigenvalue weighted by molar-refractivity contribution is 7.89. The van der Waals surface area contributed by atoms with Crippen LogP contribution in [-0.4, -0.2) is 30.0 Å². The molecule has 0 saturated heterocycles. The van der Waals surface area contributed by atoms with Crippen molar-refractivity contribution in [2.45, 2.75) is 6.61 Å². The van der Waals surface area contributed by atoms with Crippen LogP contribution in [-0.2, 0) is 16.6 Å². The van der Waals surface area contributed by atoms with Gasteiger partial charge < -0.3 is 9.14 Å². The predicted molar refractivity (Wildman–Crippen MR) is 88.3 cm³/mol. The normalized spacial score (nSPS) is 11.4. The van der Waals surface area contributed by atoms with E-state index in [4.69, 9.17) is 4.74 Å². The molecule has 0 spiro atoms. The second-order valence-electron chi connectivity index (χ2n) is 5.19. The van der Waals surface area contributed by atoms with Crippen LogP contribution in [0, 0.1) is 0 Å². The molecular weight excluding hydrogens is 330 g/mol. The van der Waals surface area contributed by atoms with E-state index in [1.807, 2.05) is 39.7 Å². The molecule has 1 amide bonds. The monoisotopic (exact) mass is 345 g/mol. The molecule has 24 heavy (non-hydrogen) atoms. The van der Waals surface area contributed by atoms with Gasteiger partial charge in [0.15, 0.2) is 0 Å². The number of imidazole rings is 1. The van der Waals surface area contributed by atoms with Gasteiger partial charge in [0, 0.05) is 12.4 Å². The van der Waals surface area contributed by atoms with E-state index in [9.17, 15) is 13.2 Å². The van der Waals surface area contributed by atoms with Crippen LogP contribution in [0.1, 0.15) is 16.1 Å². The molecule has 1 aromatic carbocycles. The number of fused-ring (bicyclic) bond motifs is 1. The van der Waals surface area contributed by atoms with Gasteiger partial charge in [-0.25, -0.2) is 18.1 Å². The fraction of sp³-hybridized carbons (Fsp3) is 0.125. The van der Waals surface area contributed by atoms with Crippen LogP contribution in [0.4, 0.5) is 0 Å². The van der Waals surface area contributed by atoms with Gasteiger partial charge in [-0.2, -0.15) is 0 Å². The number of amides is 1. The lowest BCUT2D eigenvalue weighted by Gasteiger charge is -2.10. The third kappa shape index (κ3) is 3.72. The number of pyridine rings is 1. The van der Waals surface area contributed by atoms with Crippen molar-refractivity contribution in [1.82, 2.24) is 14.1 Å². The van der Waals surface area contributed by atoms with Gasteiger partial charge in [0.2, 0.25) is 10.0 Å². The maximum atomic E-state index is 12.0. The zero-order valence-electron chi connectivity index (χ0n) is 12.8. The Balaban J connectivity index is 1.79. The summed E-state index contributed by atoms with van der Waals surface area (Å²) in [6, 6.07) is 12.1. The first-order valence-electron chi connectivity index (χ1n) is 7.09. The topological polar surface area (TPSA) is 89.8 Å². The largest absolute Gasteiger partial charge is 0.486 e. The van der Waals surface area contributed by atoms with Gasteiger partial charge >= 0.3 is 0 Å². The Labute approximate surface area is 139 Å². The summed E-state index contributed by atoms with van der Waals surface area (Å²) in [6.45, 7) is 0.158. The number of hydrogen-bond donors (Lipinski definition) is 1. The summed E-state index contributed by atoms with van der Waals surface area (Å²) in [5.41, 5.74) is 1.63. The maximum absolute atomic E-state index is 12.0. The summed E-state index contributed by atoms with van der Waals surface area (Å²) in [5, 5.41) is 0. The molecule has 7 nitrogen and oxygen atoms in total. The smallest absolute Gasteiger partial charge is 0.268 e. The van der Waals surface area contributed by atoms with Gasteiger partial charge in [-0.3, -0.25) is 4.79 Å². The molecule has 0 atom stereocenters. The van der Waals surface area contributed by atoms with Crippen LogP contribution in [0.5, 0.6) is 5.75 Å². The van der Waals surface area contributed by atoms with E-state index in [0.717, 1.165) is 11.9 Å². The number of nitrogens with one attached hydrogen (secondary N) is 1. The molecule has 0 aliphatic rings. The second-order valence-corrected chi connectivity index (χ2v) is 6.93. The van der Waals surface area contributed by atoms with E-state index >= 15 is 0 Å². The molecule has 0 saturated carbocycles. The Hall–Kier alpha value is -2.87. The molecule has 0 aliphatic heterocycles. The average Bonchev–Trinajstić information content (AvgIpc) is 2.94. The van der Waals surface area contributed by atoms with Crippen molar-refractivity contribution < 1.29 is 17.9 Å². The molecule has 2 heterocycles. The molecule has 8 heteroatoms. The fourth-order valence-electron chi connectivity index (χ4n) is 2.21. The maximum Gasteiger partial charge on any atom is 0.268 e. The number of benzene rings is 1. The van der Waals surface area contributed by atoms with Crippen LogP contribution in [0.15, 0.2) is 54.9 Å². The van der Waals surface area contributed by atoms with Gasteiger partial charge in [-0.05, 0) is 24.3 Å². The van der Waals surface area contributed by atoms with E-state index in [-0.39, 0.29) is 17.9 Å². The van der Waals surface area contributed by atoms with Crippen molar-refractivity contribution in [3.8, 4) is 5.75 Å². The SMILES string of the molecule is CS(=O)(=O)NC(=O)c1ccccc1OCc1cn2ccccc2n1. The highest BCUT2D eigenvalue weighted by Gasteiger charge is 2.16. The van der Waals surface area contributed by atoms with Gasteiger partial charge in [0.05, 0.1) is 17.5 Å². The summed E-state index contributed by atoms with van der Waals surface area (Å²) in [4.78, 5) is 16.4. The summed E-state index contributed by atoms with van der Waals surface area (Å²) in [7, 11) is -3.64. The van der Waals surface area contributed by atoms with Crippen LogP contribution in [0.25, 0.3) is 5.65 Å². The molecule has 1 N–H and O–H groups in total. The standard InChI is InChI=1S/C16H15N3O4S/c1-24(21,22)18-16(20)13-6-2-3-7-14(13)23-11-12-10-19-9-5-4-8-15(19)17-12/h2-10H,11H2,1H3,(H,18,20). The van der Waals surface area contributed by atoms with Crippen molar-refractivity contribution in [2.75, 3.05) is 6.26 Å². The van der Waals surface area contributed by atoms with Gasteiger partial charge in [0.25, 0.3) is 5.91 Å². The average molecular weight is 345 g/mol. The molecule has 0 radical (unpaired) electrons. The number of carbonyl (C=O) groups is 1. The van der Waals surface area contributed by atoms with E-state index < -0.39 is 15.9 Å². The molecule has 0 unspecified atom stereocenters. The molecule has 0 fully saturated rings. The number of nitrogens with zero attached hydrogens (tertiary/aromatic N) is 2. The summed E-state index contributed by atoms with van der Waals surface area (Å²) >= 11 is 0. The van der Waals surface area contributed by atoms with Crippen molar-refractivity contribution in [1.29, 1.82) is 0 Å². The van der Waals surface area contributed by atoms with E-state index in [1.54, 1.807) is 18.2 Å². The minimum absolute atomic E-state index is 0.145. The number of aromatic nitrogens is 2. The molecule has 0 bridgehead atoms. The van der Waals surface area contributed by atoms with Crippen molar-refractivity contribution in [2.24, 2.45) is 0 Å². The van der Waals surface area contributed by atoms with Gasteiger partial charge in [0.1, 0.15) is 18.0 Å². The van der Waals surface area contributed by atoms with Crippen molar-refractivity contribution >= 4 is 21.6 Å². The lowest BCUT2D eigenvalue weighted by molar-refractivity contribution is 0.0977. The Morgan fingerprint density at radius 1 is 1.21 bits per heavy atom. The summed E-state index contributed by atoms with van der Waals surface area (Å²) in [6.07, 6.45) is 4.62. The lowest BCUT2D eigenvalue weighted by atomic mass is 10.2. The first-order valence-corrected chi connectivity index (χ1v) is 8.98. The highest BCUT2D eigenvalue weighted by atomic mass is 32.2. The molecule has 3 aromatic rings. The highest BCUT2D eigenvalue weighted by Crippen LogP contribution is 2.19. The van der Waals surface area contributed by atoms with Crippen molar-refractivity contribution in [3.63, 3.8) is 0 Å². The molecular formula is C16H15N3O4S. The fourth-order valence-corrected chi connectivity index (χ4v) is 2.66. The Morgan fingerprint density at radius 3 is 2.71 bits per heavy atom. The first-order chi connectivity index (χ1) is 11.4. The van der Waals surface area contributed by atoms with Crippen LogP contribution < -0.4 is 9.46 Å². The van der Waals surface area contributed by atoms with Gasteiger partial charge in [-0.1, -0.05) is 18.2 Å². The third-order valence-electron chi connectivity index (χ3n) is 3.20. The number of hydrogen-bond acceptors (Lipinski definition) is 5. The van der Waals surface area contributed by atoms with Crippen molar-refractivity contribution in [3.05, 3.63) is 66.1 Å². The summed E-state index contributed by atoms with van der Waals surface area (Å²) in [5.74, 6) is -0.446.